The minimum atomic E-state index is -0.0524. The fourth-order valence-electron chi connectivity index (χ4n) is 3.03. The van der Waals surface area contributed by atoms with Crippen LogP contribution in [-0.4, -0.2) is 62.5 Å². The fraction of sp³-hybridized carbons (Fsp3) is 0.600. The summed E-state index contributed by atoms with van der Waals surface area (Å²) < 4.78 is 5.79. The third-order valence-electron chi connectivity index (χ3n) is 4.48. The van der Waals surface area contributed by atoms with Crippen LogP contribution in [0, 0.1) is 13.8 Å². The second-order valence-electron chi connectivity index (χ2n) is 6.04. The summed E-state index contributed by atoms with van der Waals surface area (Å²) in [7, 11) is 1.81. The number of hydrogen-bond acceptors (Lipinski definition) is 5. The monoisotopic (exact) mass is 318 g/mol. The van der Waals surface area contributed by atoms with E-state index in [2.05, 4.69) is 25.4 Å². The maximum absolute atomic E-state index is 12.5. The molecule has 2 aromatic rings. The smallest absolute Gasteiger partial charge is 0.226 e. The lowest BCUT2D eigenvalue weighted by atomic mass is 10.00. The highest BCUT2D eigenvalue weighted by atomic mass is 16.5. The molecule has 2 atom stereocenters. The predicted octanol–water partition coefficient (Wildman–Crippen LogP) is 0.718. The van der Waals surface area contributed by atoms with E-state index >= 15 is 0 Å². The number of carbonyl (C=O) groups is 1. The van der Waals surface area contributed by atoms with Gasteiger partial charge in [-0.15, -0.1) is 0 Å². The van der Waals surface area contributed by atoms with Gasteiger partial charge in [-0.2, -0.15) is 10.2 Å². The Morgan fingerprint density at radius 1 is 1.43 bits per heavy atom. The summed E-state index contributed by atoms with van der Waals surface area (Å²) in [6.45, 7) is 5.06. The Kier molecular flexibility index (Phi) is 4.42. The molecule has 1 aliphatic heterocycles. The zero-order chi connectivity index (χ0) is 16.4. The molecule has 0 aromatic carbocycles. The van der Waals surface area contributed by atoms with E-state index in [0.717, 1.165) is 29.2 Å². The SMILES string of the molecule is Cc1n[nH]c(C)c1CC(=O)N(C)C[C@H]1OCC[C@H]1c1ncn[nH]1. The van der Waals surface area contributed by atoms with E-state index in [1.807, 2.05) is 20.9 Å². The molecular weight excluding hydrogens is 296 g/mol. The number of carbonyl (C=O) groups excluding carboxylic acids is 1. The number of ether oxygens (including phenoxy) is 1. The standard InChI is InChI=1S/C15H22N6O2/c1-9-12(10(2)19-18-9)6-14(22)21(3)7-13-11(4-5-23-13)15-16-8-17-20-15/h8,11,13H,4-7H2,1-3H3,(H,18,19)(H,16,17,20)/t11-,13-/m1/s1. The van der Waals surface area contributed by atoms with Crippen LogP contribution >= 0.6 is 0 Å². The van der Waals surface area contributed by atoms with Crippen molar-refractivity contribution in [2.24, 2.45) is 0 Å². The summed E-state index contributed by atoms with van der Waals surface area (Å²) in [6, 6.07) is 0. The Labute approximate surface area is 134 Å². The molecule has 0 unspecified atom stereocenters. The van der Waals surface area contributed by atoms with Crippen LogP contribution in [0.15, 0.2) is 6.33 Å². The third-order valence-corrected chi connectivity index (χ3v) is 4.48. The number of hydrogen-bond donors (Lipinski definition) is 2. The molecule has 3 heterocycles. The number of amides is 1. The van der Waals surface area contributed by atoms with E-state index in [4.69, 9.17) is 4.74 Å². The lowest BCUT2D eigenvalue weighted by Gasteiger charge is -2.24. The number of likely N-dealkylation sites (N-methyl/N-ethyl adjacent to an activating group) is 1. The predicted molar refractivity (Wildman–Crippen MR) is 82.9 cm³/mol. The number of aryl methyl sites for hydroxylation is 2. The minimum Gasteiger partial charge on any atom is -0.376 e. The van der Waals surface area contributed by atoms with Crippen LogP contribution < -0.4 is 0 Å². The molecule has 124 valence electrons. The summed E-state index contributed by atoms with van der Waals surface area (Å²) >= 11 is 0. The van der Waals surface area contributed by atoms with Gasteiger partial charge in [0.05, 0.1) is 18.2 Å². The van der Waals surface area contributed by atoms with Crippen molar-refractivity contribution in [1.82, 2.24) is 30.3 Å². The summed E-state index contributed by atoms with van der Waals surface area (Å²) in [6.07, 6.45) is 2.69. The van der Waals surface area contributed by atoms with Crippen LogP contribution in [0.25, 0.3) is 0 Å². The van der Waals surface area contributed by atoms with E-state index in [0.29, 0.717) is 19.6 Å². The second-order valence-corrected chi connectivity index (χ2v) is 6.04. The van der Waals surface area contributed by atoms with Gasteiger partial charge in [0.1, 0.15) is 12.2 Å². The Balaban J connectivity index is 1.62. The first kappa shape index (κ1) is 15.7. The first-order chi connectivity index (χ1) is 11.1. The zero-order valence-electron chi connectivity index (χ0n) is 13.7. The van der Waals surface area contributed by atoms with Gasteiger partial charge in [0.2, 0.25) is 5.91 Å². The summed E-state index contributed by atoms with van der Waals surface area (Å²) in [5.41, 5.74) is 2.79. The molecule has 8 heteroatoms. The van der Waals surface area contributed by atoms with E-state index in [-0.39, 0.29) is 17.9 Å². The van der Waals surface area contributed by atoms with Gasteiger partial charge in [-0.3, -0.25) is 15.0 Å². The van der Waals surface area contributed by atoms with Crippen molar-refractivity contribution in [2.75, 3.05) is 20.2 Å². The molecule has 0 radical (unpaired) electrons. The molecule has 23 heavy (non-hydrogen) atoms. The number of nitrogens with one attached hydrogen (secondary N) is 2. The molecule has 1 fully saturated rings. The summed E-state index contributed by atoms with van der Waals surface area (Å²) in [4.78, 5) is 18.4. The van der Waals surface area contributed by atoms with Gasteiger partial charge in [0.25, 0.3) is 0 Å². The van der Waals surface area contributed by atoms with Crippen LogP contribution in [-0.2, 0) is 16.0 Å². The molecule has 2 N–H and O–H groups in total. The molecule has 0 aliphatic carbocycles. The Morgan fingerprint density at radius 2 is 2.26 bits per heavy atom. The van der Waals surface area contributed by atoms with Gasteiger partial charge in [-0.05, 0) is 20.3 Å². The quantitative estimate of drug-likeness (QED) is 0.846. The number of aromatic nitrogens is 5. The van der Waals surface area contributed by atoms with Gasteiger partial charge in [-0.25, -0.2) is 4.98 Å². The summed E-state index contributed by atoms with van der Waals surface area (Å²) in [5, 5.41) is 13.9. The Hall–Kier alpha value is -2.22. The number of H-pyrrole nitrogens is 2. The Bertz CT molecular complexity index is 646. The fourth-order valence-corrected chi connectivity index (χ4v) is 3.03. The average molecular weight is 318 g/mol. The normalized spacial score (nSPS) is 20.8. The molecule has 3 rings (SSSR count). The van der Waals surface area contributed by atoms with Crippen molar-refractivity contribution in [3.63, 3.8) is 0 Å². The second kappa shape index (κ2) is 6.49. The molecule has 1 amide bonds. The number of rotatable bonds is 5. The number of nitrogens with zero attached hydrogens (tertiary/aromatic N) is 4. The lowest BCUT2D eigenvalue weighted by molar-refractivity contribution is -0.130. The molecule has 8 nitrogen and oxygen atoms in total. The topological polar surface area (TPSA) is 99.8 Å². The van der Waals surface area contributed by atoms with E-state index in [9.17, 15) is 4.79 Å². The Morgan fingerprint density at radius 3 is 2.91 bits per heavy atom. The van der Waals surface area contributed by atoms with E-state index in [1.54, 1.807) is 4.90 Å². The molecule has 1 saturated heterocycles. The molecular formula is C15H22N6O2. The van der Waals surface area contributed by atoms with Crippen molar-refractivity contribution in [3.8, 4) is 0 Å². The maximum atomic E-state index is 12.5. The highest BCUT2D eigenvalue weighted by Gasteiger charge is 2.33. The van der Waals surface area contributed by atoms with Crippen molar-refractivity contribution in [1.29, 1.82) is 0 Å². The third kappa shape index (κ3) is 3.26. The highest BCUT2D eigenvalue weighted by molar-refractivity contribution is 5.79. The van der Waals surface area contributed by atoms with E-state index in [1.165, 1.54) is 6.33 Å². The average Bonchev–Trinajstić information content (AvgIpc) is 3.24. The van der Waals surface area contributed by atoms with Crippen molar-refractivity contribution in [2.45, 2.75) is 38.7 Å². The molecule has 0 saturated carbocycles. The first-order valence-electron chi connectivity index (χ1n) is 7.77. The molecule has 0 bridgehead atoms. The van der Waals surface area contributed by atoms with Crippen molar-refractivity contribution >= 4 is 5.91 Å². The van der Waals surface area contributed by atoms with Crippen LogP contribution in [0.4, 0.5) is 0 Å². The largest absolute Gasteiger partial charge is 0.376 e. The molecule has 0 spiro atoms. The van der Waals surface area contributed by atoms with Gasteiger partial charge in [-0.1, -0.05) is 0 Å². The lowest BCUT2D eigenvalue weighted by Crippen LogP contribution is -2.37. The van der Waals surface area contributed by atoms with Crippen LogP contribution in [0.5, 0.6) is 0 Å². The van der Waals surface area contributed by atoms with Crippen LogP contribution in [0.2, 0.25) is 0 Å². The van der Waals surface area contributed by atoms with Gasteiger partial charge in [0, 0.05) is 37.4 Å². The minimum absolute atomic E-state index is 0.0524. The molecule has 1 aliphatic rings. The van der Waals surface area contributed by atoms with Crippen LogP contribution in [0.3, 0.4) is 0 Å². The van der Waals surface area contributed by atoms with Crippen molar-refractivity contribution < 1.29 is 9.53 Å². The zero-order valence-corrected chi connectivity index (χ0v) is 13.7. The first-order valence-corrected chi connectivity index (χ1v) is 7.77. The maximum Gasteiger partial charge on any atom is 0.226 e. The van der Waals surface area contributed by atoms with Crippen molar-refractivity contribution in [3.05, 3.63) is 29.1 Å². The van der Waals surface area contributed by atoms with Gasteiger partial charge < -0.3 is 9.64 Å². The van der Waals surface area contributed by atoms with Crippen LogP contribution in [0.1, 0.15) is 35.1 Å². The van der Waals surface area contributed by atoms with Gasteiger partial charge in [0.15, 0.2) is 0 Å². The highest BCUT2D eigenvalue weighted by Crippen LogP contribution is 2.29. The number of aromatic amines is 2. The summed E-state index contributed by atoms with van der Waals surface area (Å²) in [5.74, 6) is 1.05. The van der Waals surface area contributed by atoms with Gasteiger partial charge >= 0.3 is 0 Å². The molecule has 2 aromatic heterocycles. The van der Waals surface area contributed by atoms with E-state index < -0.39 is 0 Å².